The lowest BCUT2D eigenvalue weighted by Crippen LogP contribution is -2.47. The molecule has 40 heavy (non-hydrogen) atoms. The van der Waals surface area contributed by atoms with Gasteiger partial charge in [-0.25, -0.2) is 4.79 Å². The molecule has 10 heteroatoms. The Balaban J connectivity index is 1.31. The average molecular weight is 564 g/mol. The number of ether oxygens (including phenoxy) is 2. The molecule has 2 aliphatic rings. The number of halogens is 1. The van der Waals surface area contributed by atoms with Gasteiger partial charge in [0.15, 0.2) is 0 Å². The van der Waals surface area contributed by atoms with Crippen molar-refractivity contribution in [2.24, 2.45) is 0 Å². The summed E-state index contributed by atoms with van der Waals surface area (Å²) in [6.45, 7) is 4.20. The first-order chi connectivity index (χ1) is 19.5. The molecule has 1 unspecified atom stereocenters. The fourth-order valence-electron chi connectivity index (χ4n) is 5.08. The molecule has 5 rings (SSSR count). The van der Waals surface area contributed by atoms with Gasteiger partial charge in [0.05, 0.1) is 24.5 Å². The number of carbonyl (C=O) groups is 2. The van der Waals surface area contributed by atoms with Crippen LogP contribution < -0.4 is 30.5 Å². The fraction of sp³-hybridized carbons (Fsp3) is 0.333. The molecule has 2 aliphatic heterocycles. The Kier molecular flexibility index (Phi) is 8.93. The van der Waals surface area contributed by atoms with E-state index in [9.17, 15) is 9.59 Å². The van der Waals surface area contributed by atoms with Crippen molar-refractivity contribution < 1.29 is 19.1 Å². The normalized spacial score (nSPS) is 16.9. The third kappa shape index (κ3) is 6.78. The number of para-hydroxylation sites is 2. The number of hydrogen-bond acceptors (Lipinski definition) is 6. The molecule has 9 nitrogen and oxygen atoms in total. The zero-order valence-electron chi connectivity index (χ0n) is 22.5. The number of carbonyl (C=O) groups excluding carboxylic acids is 2. The highest BCUT2D eigenvalue weighted by Crippen LogP contribution is 2.31. The van der Waals surface area contributed by atoms with E-state index in [4.69, 9.17) is 21.1 Å². The van der Waals surface area contributed by atoms with Crippen molar-refractivity contribution in [1.29, 1.82) is 0 Å². The number of amides is 3. The van der Waals surface area contributed by atoms with Gasteiger partial charge >= 0.3 is 6.03 Å². The average Bonchev–Trinajstić information content (AvgIpc) is 3.51. The predicted molar refractivity (Wildman–Crippen MR) is 159 cm³/mol. The maximum Gasteiger partial charge on any atom is 0.323 e. The molecule has 3 N–H and O–H groups in total. The molecule has 3 aromatic rings. The van der Waals surface area contributed by atoms with Crippen LogP contribution in [0.3, 0.4) is 0 Å². The summed E-state index contributed by atoms with van der Waals surface area (Å²) in [6, 6.07) is 19.9. The highest BCUT2D eigenvalue weighted by molar-refractivity contribution is 6.30. The molecule has 2 fully saturated rings. The number of urea groups is 1. The van der Waals surface area contributed by atoms with Crippen molar-refractivity contribution >= 4 is 46.3 Å². The van der Waals surface area contributed by atoms with Gasteiger partial charge in [-0.15, -0.1) is 0 Å². The second kappa shape index (κ2) is 12.9. The standard InChI is InChI=1S/C30H34ClN5O4/c1-39-28-7-3-2-6-27(28)36-16-14-35(15-17-36)26-13-12-23(34-30(38)33-22-10-8-21(31)9-11-22)19-25(26)29(37)32-20-24-5-4-18-40-24/h2-3,6-13,19,24H,4-5,14-18,20H2,1H3,(H,32,37)(H2,33,34,38). The lowest BCUT2D eigenvalue weighted by Gasteiger charge is -2.38. The lowest BCUT2D eigenvalue weighted by molar-refractivity contribution is 0.0858. The van der Waals surface area contributed by atoms with Crippen LogP contribution in [0, 0.1) is 0 Å². The minimum atomic E-state index is -0.411. The fourth-order valence-corrected chi connectivity index (χ4v) is 5.21. The summed E-state index contributed by atoms with van der Waals surface area (Å²) in [4.78, 5) is 30.6. The Bertz CT molecular complexity index is 1320. The summed E-state index contributed by atoms with van der Waals surface area (Å²) < 4.78 is 11.2. The van der Waals surface area contributed by atoms with Crippen LogP contribution in [0.5, 0.6) is 5.75 Å². The van der Waals surface area contributed by atoms with Crippen molar-refractivity contribution in [3.05, 3.63) is 77.3 Å². The van der Waals surface area contributed by atoms with Crippen LogP contribution in [-0.4, -0.2) is 64.5 Å². The van der Waals surface area contributed by atoms with Crippen LogP contribution >= 0.6 is 11.6 Å². The Labute approximate surface area is 239 Å². The maximum absolute atomic E-state index is 13.4. The first kappa shape index (κ1) is 27.6. The van der Waals surface area contributed by atoms with Gasteiger partial charge in [0, 0.05) is 61.4 Å². The predicted octanol–water partition coefficient (Wildman–Crippen LogP) is 5.23. The Morgan fingerprint density at radius 2 is 1.60 bits per heavy atom. The SMILES string of the molecule is COc1ccccc1N1CCN(c2ccc(NC(=O)Nc3ccc(Cl)cc3)cc2C(=O)NCC2CCCO2)CC1. The van der Waals surface area contributed by atoms with E-state index in [0.717, 1.165) is 62.8 Å². The van der Waals surface area contributed by atoms with Crippen LogP contribution in [0.4, 0.5) is 27.5 Å². The summed E-state index contributed by atoms with van der Waals surface area (Å²) in [5, 5.41) is 9.25. The minimum absolute atomic E-state index is 0.0308. The zero-order chi connectivity index (χ0) is 27.9. The quantitative estimate of drug-likeness (QED) is 0.347. The van der Waals surface area contributed by atoms with Crippen molar-refractivity contribution in [3.8, 4) is 5.75 Å². The topological polar surface area (TPSA) is 95.2 Å². The summed E-state index contributed by atoms with van der Waals surface area (Å²) in [5.41, 5.74) is 3.53. The minimum Gasteiger partial charge on any atom is -0.495 e. The van der Waals surface area contributed by atoms with Crippen molar-refractivity contribution in [3.63, 3.8) is 0 Å². The van der Waals surface area contributed by atoms with Gasteiger partial charge in [-0.1, -0.05) is 23.7 Å². The van der Waals surface area contributed by atoms with Gasteiger partial charge in [-0.3, -0.25) is 4.79 Å². The number of hydrogen-bond donors (Lipinski definition) is 3. The highest BCUT2D eigenvalue weighted by atomic mass is 35.5. The zero-order valence-corrected chi connectivity index (χ0v) is 23.2. The molecule has 3 amide bonds. The Morgan fingerprint density at radius 1 is 0.925 bits per heavy atom. The smallest absolute Gasteiger partial charge is 0.323 e. The molecule has 3 aromatic carbocycles. The van der Waals surface area contributed by atoms with Gasteiger partial charge in [0.2, 0.25) is 0 Å². The number of nitrogens with one attached hydrogen (secondary N) is 3. The van der Waals surface area contributed by atoms with Crippen LogP contribution in [0.15, 0.2) is 66.7 Å². The van der Waals surface area contributed by atoms with Gasteiger partial charge in [0.1, 0.15) is 5.75 Å². The molecule has 0 aliphatic carbocycles. The Hall–Kier alpha value is -3.95. The first-order valence-electron chi connectivity index (χ1n) is 13.5. The van der Waals surface area contributed by atoms with Gasteiger partial charge in [-0.05, 0) is 67.4 Å². The monoisotopic (exact) mass is 563 g/mol. The number of anilines is 4. The molecule has 2 saturated heterocycles. The van der Waals surface area contributed by atoms with Crippen molar-refractivity contribution in [1.82, 2.24) is 5.32 Å². The molecule has 0 spiro atoms. The summed E-state index contributed by atoms with van der Waals surface area (Å²) in [6.07, 6.45) is 1.97. The number of benzene rings is 3. The van der Waals surface area contributed by atoms with E-state index in [-0.39, 0.29) is 12.0 Å². The van der Waals surface area contributed by atoms with Gasteiger partial charge < -0.3 is 35.2 Å². The van der Waals surface area contributed by atoms with Crippen LogP contribution in [0.25, 0.3) is 0 Å². The van der Waals surface area contributed by atoms with E-state index in [1.54, 1.807) is 37.4 Å². The maximum atomic E-state index is 13.4. The number of piperazine rings is 1. The second-order valence-corrected chi connectivity index (χ2v) is 10.2. The molecule has 0 radical (unpaired) electrons. The van der Waals surface area contributed by atoms with Gasteiger partial charge in [-0.2, -0.15) is 0 Å². The molecule has 0 bridgehead atoms. The van der Waals surface area contributed by atoms with E-state index in [1.165, 1.54) is 0 Å². The lowest BCUT2D eigenvalue weighted by atomic mass is 10.1. The third-order valence-electron chi connectivity index (χ3n) is 7.16. The summed E-state index contributed by atoms with van der Waals surface area (Å²) >= 11 is 5.94. The molecule has 2 heterocycles. The molecular weight excluding hydrogens is 530 g/mol. The number of rotatable bonds is 8. The second-order valence-electron chi connectivity index (χ2n) is 9.81. The molecule has 1 atom stereocenters. The van der Waals surface area contributed by atoms with Crippen molar-refractivity contribution in [2.45, 2.75) is 18.9 Å². The van der Waals surface area contributed by atoms with Crippen molar-refractivity contribution in [2.75, 3.05) is 66.9 Å². The van der Waals surface area contributed by atoms with Gasteiger partial charge in [0.25, 0.3) is 5.91 Å². The van der Waals surface area contributed by atoms with E-state index < -0.39 is 6.03 Å². The van der Waals surface area contributed by atoms with E-state index >= 15 is 0 Å². The van der Waals surface area contributed by atoms with E-state index in [2.05, 4.69) is 31.8 Å². The first-order valence-corrected chi connectivity index (χ1v) is 13.9. The molecule has 0 aromatic heterocycles. The molecular formula is C30H34ClN5O4. The van der Waals surface area contributed by atoms with E-state index in [1.807, 2.05) is 30.3 Å². The van der Waals surface area contributed by atoms with Crippen LogP contribution in [0.2, 0.25) is 5.02 Å². The summed E-state index contributed by atoms with van der Waals surface area (Å²) in [5.74, 6) is 0.650. The molecule has 210 valence electrons. The highest BCUT2D eigenvalue weighted by Gasteiger charge is 2.25. The largest absolute Gasteiger partial charge is 0.495 e. The molecule has 0 saturated carbocycles. The Morgan fingerprint density at radius 3 is 2.30 bits per heavy atom. The summed E-state index contributed by atoms with van der Waals surface area (Å²) in [7, 11) is 1.68. The number of methoxy groups -OCH3 is 1. The van der Waals surface area contributed by atoms with Crippen LogP contribution in [0.1, 0.15) is 23.2 Å². The number of nitrogens with zero attached hydrogens (tertiary/aromatic N) is 2. The van der Waals surface area contributed by atoms with E-state index in [0.29, 0.717) is 28.5 Å². The third-order valence-corrected chi connectivity index (χ3v) is 7.41. The van der Waals surface area contributed by atoms with Crippen LogP contribution in [-0.2, 0) is 4.74 Å².